The fraction of sp³-hybridized carbons (Fsp3) is 0.512. The molecule has 9 amide bonds. The van der Waals surface area contributed by atoms with Crippen LogP contribution in [0.3, 0.4) is 0 Å². The third kappa shape index (κ3) is 25.6. The van der Waals surface area contributed by atoms with Crippen molar-refractivity contribution in [2.45, 2.75) is 206 Å². The monoisotopic (exact) mass is 1730 g/mol. The van der Waals surface area contributed by atoms with E-state index >= 15 is 0 Å². The number of aryl methyl sites for hydroxylation is 4. The molecule has 668 valence electrons. The Hall–Kier alpha value is -12.5. The number of benzene rings is 2. The first kappa shape index (κ1) is 94.7. The fourth-order valence-corrected chi connectivity index (χ4v) is 14.3. The van der Waals surface area contributed by atoms with E-state index < -0.39 is 76.5 Å². The maximum atomic E-state index is 13.3. The van der Waals surface area contributed by atoms with E-state index in [2.05, 4.69) is 75.2 Å². The number of carboxylic acids is 1. The van der Waals surface area contributed by atoms with Crippen molar-refractivity contribution in [2.24, 2.45) is 5.73 Å². The number of nitrogens with zero attached hydrogens (tertiary/aromatic N) is 12. The van der Waals surface area contributed by atoms with Crippen LogP contribution in [0.5, 0.6) is 11.5 Å². The molecule has 4 aliphatic rings. The minimum absolute atomic E-state index is 0.0248. The van der Waals surface area contributed by atoms with Gasteiger partial charge < -0.3 is 75.4 Å². The highest BCUT2D eigenvalue weighted by Crippen LogP contribution is 2.37. The van der Waals surface area contributed by atoms with Gasteiger partial charge in [-0.2, -0.15) is 0 Å². The van der Waals surface area contributed by atoms with Crippen molar-refractivity contribution < 1.29 is 101 Å². The van der Waals surface area contributed by atoms with E-state index in [4.69, 9.17) is 65.0 Å². The standard InChI is InChI=1S/C43H53N9O10.C23H30N6O5.C20H25N3O6/c1-4-51-37-31(26-46-29(18-19-43(2,3)58)35(37)48-39(51)36-38(44)50-62-49-36)61-22-9-7-5-6-8-15-32(53)45-20-23-60-25-24-59-21-11-13-27-12-10-14-28-34(27)42(57)52(41(28)56)30-16-17-33(54)47-40(30)55;1-4-29-20-16(33-13-9-7-5-6-8-10-17(30)31)14-25-15(11-12-23(2,3)32)18(20)26-22(29)19-21(24)28-34-27-19;21-8-10-29-12-11-28-9-2-4-13-3-1-5-14-17(13)20(27)23(19(14)26)15-6-7-16(24)22-18(15)25/h10,12,14,26,30,58H,4-9,11,13,15-17,20-25H2,1-3H3,(H2,44,50)(H,45,53)(H,47,54,55);14,32H,4-10,13H2,1-3H3,(H2,24,28)(H,30,31);1,3,5,15H,2,4,6-12,21H2,(H,22,24,25). The van der Waals surface area contributed by atoms with Crippen molar-refractivity contribution in [3.63, 3.8) is 0 Å². The third-order valence-corrected chi connectivity index (χ3v) is 20.3. The van der Waals surface area contributed by atoms with Gasteiger partial charge in [0.2, 0.25) is 29.5 Å². The summed E-state index contributed by atoms with van der Waals surface area (Å²) >= 11 is 0. The number of nitrogen functional groups attached to an aromatic ring is 2. The van der Waals surface area contributed by atoms with Gasteiger partial charge in [-0.15, -0.1) is 0 Å². The van der Waals surface area contributed by atoms with Crippen LogP contribution in [-0.4, -0.2) is 236 Å². The minimum Gasteiger partial charge on any atom is -0.490 e. The number of ether oxygens (including phenoxy) is 6. The predicted octanol–water partition coefficient (Wildman–Crippen LogP) is 6.13. The summed E-state index contributed by atoms with van der Waals surface area (Å²) in [6, 6.07) is 8.27. The summed E-state index contributed by atoms with van der Waals surface area (Å²) in [6.45, 7) is 16.6. The van der Waals surface area contributed by atoms with E-state index in [1.165, 1.54) is 0 Å². The molecule has 0 bridgehead atoms. The molecule has 6 aromatic heterocycles. The molecule has 8 aromatic rings. The van der Waals surface area contributed by atoms with Crippen LogP contribution in [-0.2, 0) is 73.6 Å². The van der Waals surface area contributed by atoms with E-state index in [0.29, 0.717) is 221 Å². The molecule has 12 N–H and O–H groups in total. The maximum Gasteiger partial charge on any atom is 0.303 e. The number of amides is 9. The Morgan fingerprint density at radius 3 is 1.35 bits per heavy atom. The highest BCUT2D eigenvalue weighted by atomic mass is 16.6. The number of nitrogens with one attached hydrogen (secondary N) is 3. The molecule has 39 nitrogen and oxygen atoms in total. The Balaban J connectivity index is 0.000000217. The summed E-state index contributed by atoms with van der Waals surface area (Å²) < 4.78 is 47.6. The second-order valence-corrected chi connectivity index (χ2v) is 30.8. The summed E-state index contributed by atoms with van der Waals surface area (Å²) in [7, 11) is 0. The van der Waals surface area contributed by atoms with Crippen LogP contribution in [0, 0.1) is 23.7 Å². The zero-order chi connectivity index (χ0) is 89.7. The highest BCUT2D eigenvalue weighted by Gasteiger charge is 2.47. The van der Waals surface area contributed by atoms with E-state index in [-0.39, 0.29) is 55.2 Å². The number of carbonyl (C=O) groups excluding carboxylic acids is 9. The van der Waals surface area contributed by atoms with Crippen molar-refractivity contribution in [1.29, 1.82) is 0 Å². The Morgan fingerprint density at radius 2 is 0.952 bits per heavy atom. The number of hydrogen-bond donors (Lipinski definition) is 9. The number of aliphatic carboxylic acids is 1. The van der Waals surface area contributed by atoms with Gasteiger partial charge >= 0.3 is 5.97 Å². The van der Waals surface area contributed by atoms with Gasteiger partial charge in [0.25, 0.3) is 23.6 Å². The van der Waals surface area contributed by atoms with Crippen LogP contribution in [0.4, 0.5) is 11.6 Å². The fourth-order valence-electron chi connectivity index (χ4n) is 14.3. The average Bonchev–Trinajstić information content (AvgIpc) is 1.62. The normalized spacial score (nSPS) is 15.0. The number of anilines is 2. The van der Waals surface area contributed by atoms with Crippen LogP contribution < -0.4 is 42.6 Å². The Morgan fingerprint density at radius 1 is 0.536 bits per heavy atom. The van der Waals surface area contributed by atoms with Gasteiger partial charge in [-0.25, -0.2) is 29.2 Å². The minimum atomic E-state index is -1.22. The van der Waals surface area contributed by atoms with E-state index in [1.807, 2.05) is 29.0 Å². The molecule has 2 unspecified atom stereocenters. The van der Waals surface area contributed by atoms with Crippen LogP contribution in [0.25, 0.3) is 45.1 Å². The molecule has 0 aliphatic carbocycles. The average molecular weight is 1730 g/mol. The largest absolute Gasteiger partial charge is 0.490 e. The molecular formula is C86H108N18O21. The highest BCUT2D eigenvalue weighted by molar-refractivity contribution is 6.25. The number of aromatic nitrogens is 10. The summed E-state index contributed by atoms with van der Waals surface area (Å²) in [6.07, 6.45) is 15.2. The number of imidazole rings is 2. The van der Waals surface area contributed by atoms with Gasteiger partial charge in [0.05, 0.1) is 87.5 Å². The number of hydrogen-bond acceptors (Lipinski definition) is 31. The number of imide groups is 4. The summed E-state index contributed by atoms with van der Waals surface area (Å²) in [5, 5.41) is 51.3. The number of nitrogens with two attached hydrogens (primary N) is 3. The molecular weight excluding hydrogens is 1620 g/mol. The first-order chi connectivity index (χ1) is 60.1. The predicted molar refractivity (Wildman–Crippen MR) is 450 cm³/mol. The van der Waals surface area contributed by atoms with E-state index in [0.717, 1.165) is 73.2 Å². The van der Waals surface area contributed by atoms with E-state index in [1.54, 1.807) is 70.4 Å². The molecule has 2 aromatic carbocycles. The lowest BCUT2D eigenvalue weighted by Gasteiger charge is -2.27. The van der Waals surface area contributed by atoms with E-state index in [9.17, 15) is 58.2 Å². The second kappa shape index (κ2) is 45.8. The topological polar surface area (TPSA) is 547 Å². The molecule has 12 rings (SSSR count). The number of piperidine rings is 2. The van der Waals surface area contributed by atoms with Gasteiger partial charge in [-0.1, -0.05) is 74.6 Å². The molecule has 2 atom stereocenters. The molecule has 125 heavy (non-hydrogen) atoms. The van der Waals surface area contributed by atoms with Crippen LogP contribution >= 0.6 is 0 Å². The Labute approximate surface area is 720 Å². The lowest BCUT2D eigenvalue weighted by molar-refractivity contribution is -0.138. The number of fused-ring (bicyclic) bond motifs is 4. The molecule has 2 fully saturated rings. The molecule has 39 heteroatoms. The lowest BCUT2D eigenvalue weighted by atomic mass is 9.99. The number of unbranched alkanes of at least 4 members (excludes halogenated alkanes) is 8. The molecule has 0 spiro atoms. The first-order valence-corrected chi connectivity index (χ1v) is 42.0. The molecule has 10 heterocycles. The zero-order valence-corrected chi connectivity index (χ0v) is 71.1. The van der Waals surface area contributed by atoms with Crippen LogP contribution in [0.2, 0.25) is 0 Å². The quantitative estimate of drug-likeness (QED) is 0.0118. The lowest BCUT2D eigenvalue weighted by Crippen LogP contribution is -2.54. The molecule has 0 saturated carbocycles. The van der Waals surface area contributed by atoms with Crippen LogP contribution in [0.1, 0.15) is 221 Å². The summed E-state index contributed by atoms with van der Waals surface area (Å²) in [4.78, 5) is 143. The number of carbonyl (C=O) groups is 10. The summed E-state index contributed by atoms with van der Waals surface area (Å²) in [5.41, 5.74) is 21.2. The van der Waals surface area contributed by atoms with Gasteiger partial charge in [0.1, 0.15) is 56.7 Å². The second-order valence-electron chi connectivity index (χ2n) is 30.8. The maximum absolute atomic E-state index is 13.3. The van der Waals surface area contributed by atoms with Crippen LogP contribution in [0.15, 0.2) is 58.0 Å². The molecule has 2 saturated heterocycles. The van der Waals surface area contributed by atoms with Gasteiger partial charge in [-0.05, 0) is 161 Å². The van der Waals surface area contributed by atoms with Crippen molar-refractivity contribution in [1.82, 2.24) is 75.4 Å². The number of pyridine rings is 2. The number of aliphatic hydroxyl groups is 2. The Bertz CT molecular complexity index is 5310. The molecule has 4 aliphatic heterocycles. The van der Waals surface area contributed by atoms with Crippen molar-refractivity contribution in [3.8, 4) is 58.2 Å². The SMILES string of the molecule is CCn1c(-c2nonc2N)nc2c(C#CC(C)(C)O)ncc(OCCCCCCCC(=O)NCCOCCOCCCc3cccc4c3C(=O)N(C3CCC(=O)NC3=O)C4=O)c21.CCn1c(-c2nonc2N)nc2c(C#CC(C)(C)O)ncc(OCCCCCCCC(=O)O)c21.NCCOCCOCCCc1cccc2c1C(=O)N(C1CCC(=O)NC1=O)C2=O. The van der Waals surface area contributed by atoms with Crippen molar-refractivity contribution in [3.05, 3.63) is 93.6 Å². The van der Waals surface area contributed by atoms with Gasteiger partial charge in [-0.3, -0.25) is 68.4 Å². The van der Waals surface area contributed by atoms with Gasteiger partial charge in [0.15, 0.2) is 46.2 Å². The molecule has 0 radical (unpaired) electrons. The van der Waals surface area contributed by atoms with Gasteiger partial charge in [0, 0.05) is 65.1 Å². The first-order valence-electron chi connectivity index (χ1n) is 42.0. The Kier molecular flexibility index (Phi) is 34.7. The number of rotatable bonds is 43. The third-order valence-electron chi connectivity index (χ3n) is 20.3. The zero-order valence-electron chi connectivity index (χ0n) is 71.1. The smallest absolute Gasteiger partial charge is 0.303 e. The summed E-state index contributed by atoms with van der Waals surface area (Å²) in [5.74, 6) is 8.75. The number of carboxylic acid groups (broad SMARTS) is 1. The van der Waals surface area contributed by atoms with Crippen molar-refractivity contribution >= 4 is 92.8 Å². The van der Waals surface area contributed by atoms with Crippen molar-refractivity contribution in [2.75, 3.05) is 90.6 Å².